The monoisotopic (exact) mass is 430 g/mol. The lowest BCUT2D eigenvalue weighted by atomic mass is 10.1. The fraction of sp³-hybridized carbons (Fsp3) is 0.381. The molecule has 2 aromatic rings. The van der Waals surface area contributed by atoms with Crippen molar-refractivity contribution in [1.82, 2.24) is 9.80 Å². The molecule has 0 aliphatic carbocycles. The molecular formula is C21H23BrN2O3. The maximum atomic E-state index is 12.7. The Labute approximate surface area is 168 Å². The van der Waals surface area contributed by atoms with E-state index in [1.807, 2.05) is 41.3 Å². The highest BCUT2D eigenvalue weighted by Gasteiger charge is 2.23. The average molecular weight is 431 g/mol. The van der Waals surface area contributed by atoms with Crippen LogP contribution in [0.3, 0.4) is 0 Å². The van der Waals surface area contributed by atoms with Crippen molar-refractivity contribution in [3.05, 3.63) is 57.6 Å². The van der Waals surface area contributed by atoms with Gasteiger partial charge in [-0.25, -0.2) is 0 Å². The maximum Gasteiger partial charge on any atom is 0.253 e. The summed E-state index contributed by atoms with van der Waals surface area (Å²) in [5.41, 5.74) is 3.21. The van der Waals surface area contributed by atoms with Crippen molar-refractivity contribution < 1.29 is 14.3 Å². The molecule has 5 nitrogen and oxygen atoms in total. The first-order valence-electron chi connectivity index (χ1n) is 9.32. The first kappa shape index (κ1) is 18.3. The minimum absolute atomic E-state index is 0.126. The van der Waals surface area contributed by atoms with Gasteiger partial charge in [0.05, 0.1) is 0 Å². The van der Waals surface area contributed by atoms with Crippen LogP contribution in [0, 0.1) is 0 Å². The molecule has 6 heteroatoms. The van der Waals surface area contributed by atoms with Crippen LogP contribution in [0.25, 0.3) is 0 Å². The lowest BCUT2D eigenvalue weighted by molar-refractivity contribution is 0.0628. The Hall–Kier alpha value is -2.05. The molecule has 1 fully saturated rings. The molecule has 27 heavy (non-hydrogen) atoms. The van der Waals surface area contributed by atoms with Crippen LogP contribution in [0.4, 0.5) is 0 Å². The van der Waals surface area contributed by atoms with Crippen LogP contribution in [0.1, 0.15) is 28.4 Å². The van der Waals surface area contributed by atoms with E-state index in [1.54, 1.807) is 0 Å². The third-order valence-electron chi connectivity index (χ3n) is 5.20. The highest BCUT2D eigenvalue weighted by molar-refractivity contribution is 9.10. The number of aryl methyl sites for hydroxylation is 1. The zero-order valence-electron chi connectivity index (χ0n) is 15.4. The number of nitrogens with zero attached hydrogens (tertiary/aromatic N) is 2. The van der Waals surface area contributed by atoms with E-state index in [-0.39, 0.29) is 12.7 Å². The Morgan fingerprint density at radius 1 is 1.04 bits per heavy atom. The summed E-state index contributed by atoms with van der Waals surface area (Å²) >= 11 is 3.63. The second-order valence-electron chi connectivity index (χ2n) is 6.92. The molecule has 4 rings (SSSR count). The number of carbonyl (C=O) groups is 1. The molecule has 0 N–H and O–H groups in total. The summed E-state index contributed by atoms with van der Waals surface area (Å²) in [5, 5.41) is 0. The van der Waals surface area contributed by atoms with Gasteiger partial charge < -0.3 is 14.4 Å². The van der Waals surface area contributed by atoms with Crippen LogP contribution in [-0.2, 0) is 13.0 Å². The van der Waals surface area contributed by atoms with Crippen molar-refractivity contribution in [3.8, 4) is 11.5 Å². The molecule has 2 aliphatic rings. The van der Waals surface area contributed by atoms with Gasteiger partial charge >= 0.3 is 0 Å². The maximum absolute atomic E-state index is 12.7. The van der Waals surface area contributed by atoms with Gasteiger partial charge in [-0.1, -0.05) is 35.0 Å². The van der Waals surface area contributed by atoms with E-state index < -0.39 is 0 Å². The number of rotatable bonds is 4. The number of amides is 1. The number of ether oxygens (including phenoxy) is 2. The van der Waals surface area contributed by atoms with Crippen LogP contribution in [0.5, 0.6) is 11.5 Å². The van der Waals surface area contributed by atoms with Gasteiger partial charge in [0.2, 0.25) is 6.79 Å². The van der Waals surface area contributed by atoms with Gasteiger partial charge in [-0.3, -0.25) is 9.69 Å². The fourth-order valence-electron chi connectivity index (χ4n) is 3.50. The molecule has 0 atom stereocenters. The molecule has 2 heterocycles. The minimum atomic E-state index is 0.126. The van der Waals surface area contributed by atoms with Crippen LogP contribution in [0.2, 0.25) is 0 Å². The molecule has 0 saturated carbocycles. The summed E-state index contributed by atoms with van der Waals surface area (Å²) in [4.78, 5) is 17.0. The highest BCUT2D eigenvalue weighted by Crippen LogP contribution is 2.37. The zero-order valence-corrected chi connectivity index (χ0v) is 17.0. The molecule has 142 valence electrons. The van der Waals surface area contributed by atoms with Gasteiger partial charge in [0.1, 0.15) is 0 Å². The van der Waals surface area contributed by atoms with E-state index in [0.29, 0.717) is 0 Å². The lowest BCUT2D eigenvalue weighted by Gasteiger charge is -2.35. The molecule has 0 spiro atoms. The van der Waals surface area contributed by atoms with Crippen molar-refractivity contribution in [2.24, 2.45) is 0 Å². The van der Waals surface area contributed by atoms with E-state index in [2.05, 4.69) is 27.8 Å². The number of piperazine rings is 1. The number of halogens is 1. The summed E-state index contributed by atoms with van der Waals surface area (Å²) in [6, 6.07) is 12.0. The van der Waals surface area contributed by atoms with Crippen molar-refractivity contribution in [2.45, 2.75) is 19.9 Å². The molecule has 2 aromatic carbocycles. The van der Waals surface area contributed by atoms with Crippen molar-refractivity contribution >= 4 is 21.8 Å². The highest BCUT2D eigenvalue weighted by atomic mass is 79.9. The van der Waals surface area contributed by atoms with Gasteiger partial charge in [0.25, 0.3) is 5.91 Å². The summed E-state index contributed by atoms with van der Waals surface area (Å²) in [6.07, 6.45) is 0.989. The van der Waals surface area contributed by atoms with Crippen molar-refractivity contribution in [1.29, 1.82) is 0 Å². The van der Waals surface area contributed by atoms with Gasteiger partial charge in [-0.2, -0.15) is 0 Å². The molecular weight excluding hydrogens is 408 g/mol. The number of fused-ring (bicyclic) bond motifs is 1. The zero-order chi connectivity index (χ0) is 18.8. The number of carbonyl (C=O) groups excluding carboxylic acids is 1. The van der Waals surface area contributed by atoms with E-state index in [0.717, 1.165) is 60.7 Å². The second-order valence-corrected chi connectivity index (χ2v) is 7.77. The molecule has 0 aromatic heterocycles. The van der Waals surface area contributed by atoms with Crippen LogP contribution in [-0.4, -0.2) is 48.7 Å². The van der Waals surface area contributed by atoms with E-state index in [4.69, 9.17) is 9.47 Å². The Morgan fingerprint density at radius 2 is 1.70 bits per heavy atom. The Kier molecular flexibility index (Phi) is 5.36. The summed E-state index contributed by atoms with van der Waals surface area (Å²) in [5.74, 6) is 1.72. The molecule has 0 bridgehead atoms. The van der Waals surface area contributed by atoms with Gasteiger partial charge in [0, 0.05) is 42.8 Å². The van der Waals surface area contributed by atoms with E-state index in [9.17, 15) is 4.79 Å². The molecule has 0 radical (unpaired) electrons. The molecule has 1 amide bonds. The van der Waals surface area contributed by atoms with E-state index in [1.165, 1.54) is 11.1 Å². The van der Waals surface area contributed by atoms with Crippen LogP contribution in [0.15, 0.2) is 40.9 Å². The minimum Gasteiger partial charge on any atom is -0.454 e. The first-order chi connectivity index (χ1) is 13.1. The summed E-state index contributed by atoms with van der Waals surface area (Å²) in [6.45, 7) is 6.44. The third kappa shape index (κ3) is 3.96. The topological polar surface area (TPSA) is 42.0 Å². The van der Waals surface area contributed by atoms with Gasteiger partial charge in [0.15, 0.2) is 11.5 Å². The average Bonchev–Trinajstić information content (AvgIpc) is 3.15. The Balaban J connectivity index is 1.35. The van der Waals surface area contributed by atoms with E-state index >= 15 is 0 Å². The first-order valence-corrected chi connectivity index (χ1v) is 10.1. The summed E-state index contributed by atoms with van der Waals surface area (Å²) in [7, 11) is 0. The number of benzene rings is 2. The second kappa shape index (κ2) is 7.90. The third-order valence-corrected chi connectivity index (χ3v) is 5.94. The normalized spacial score (nSPS) is 16.6. The Bertz CT molecular complexity index is 830. The van der Waals surface area contributed by atoms with Crippen molar-refractivity contribution in [3.63, 3.8) is 0 Å². The quantitative estimate of drug-likeness (QED) is 0.741. The van der Waals surface area contributed by atoms with Crippen LogP contribution < -0.4 is 9.47 Å². The smallest absolute Gasteiger partial charge is 0.253 e. The largest absolute Gasteiger partial charge is 0.454 e. The SMILES string of the molecule is CCc1ccc(C(=O)N2CCN(Cc3cc4c(cc3Br)OCO4)CC2)cc1. The van der Waals surface area contributed by atoms with Crippen molar-refractivity contribution in [2.75, 3.05) is 33.0 Å². The number of hydrogen-bond donors (Lipinski definition) is 0. The fourth-order valence-corrected chi connectivity index (χ4v) is 3.94. The standard InChI is InChI=1S/C21H23BrN2O3/c1-2-15-3-5-16(6-4-15)21(25)24-9-7-23(8-10-24)13-17-11-19-20(12-18(17)22)27-14-26-19/h3-6,11-12H,2,7-10,13-14H2,1H3. The van der Waals surface area contributed by atoms with Gasteiger partial charge in [-0.05, 0) is 41.8 Å². The molecule has 2 aliphatic heterocycles. The van der Waals surface area contributed by atoms with Crippen LogP contribution >= 0.6 is 15.9 Å². The lowest BCUT2D eigenvalue weighted by Crippen LogP contribution is -2.48. The molecule has 0 unspecified atom stereocenters. The van der Waals surface area contributed by atoms with Gasteiger partial charge in [-0.15, -0.1) is 0 Å². The predicted molar refractivity (Wildman–Crippen MR) is 107 cm³/mol. The predicted octanol–water partition coefficient (Wildman–Crippen LogP) is 3.70. The number of hydrogen-bond acceptors (Lipinski definition) is 4. The molecule has 1 saturated heterocycles. The summed E-state index contributed by atoms with van der Waals surface area (Å²) < 4.78 is 11.9. The Morgan fingerprint density at radius 3 is 2.37 bits per heavy atom.